The van der Waals surface area contributed by atoms with Crippen LogP contribution in [-0.4, -0.2) is 21.9 Å². The fourth-order valence-electron chi connectivity index (χ4n) is 2.72. The Morgan fingerprint density at radius 2 is 1.50 bits per heavy atom. The van der Waals surface area contributed by atoms with Crippen LogP contribution in [0.25, 0.3) is 10.4 Å². The first-order chi connectivity index (χ1) is 11.9. The summed E-state index contributed by atoms with van der Waals surface area (Å²) in [4.78, 5) is -0.00460. The van der Waals surface area contributed by atoms with Crippen LogP contribution in [0.1, 0.15) is 36.2 Å². The van der Waals surface area contributed by atoms with Crippen molar-refractivity contribution in [3.05, 3.63) is 34.5 Å². The number of rotatable bonds is 4. The Morgan fingerprint density at radius 1 is 0.923 bits per heavy atom. The minimum Gasteiger partial charge on any atom is -0.218 e. The Hall–Kier alpha value is -1.71. The average Bonchev–Trinajstić information content (AvgIpc) is 2.96. The molecule has 0 fully saturated rings. The smallest absolute Gasteiger partial charge is 0.218 e. The summed E-state index contributed by atoms with van der Waals surface area (Å²) in [6.07, 6.45) is -12.1. The molecule has 0 unspecified atom stereocenters. The highest BCUT2D eigenvalue weighted by atomic mass is 32.1. The van der Waals surface area contributed by atoms with Crippen LogP contribution < -0.4 is 0 Å². The van der Waals surface area contributed by atoms with Crippen molar-refractivity contribution in [3.63, 3.8) is 0 Å². The lowest BCUT2D eigenvalue weighted by Gasteiger charge is -2.33. The van der Waals surface area contributed by atoms with Crippen LogP contribution in [0, 0.1) is 6.92 Å². The molecule has 2 rings (SSSR count). The third-order valence-electron chi connectivity index (χ3n) is 4.10. The minimum atomic E-state index is -6.18. The molecular formula is C16H15F7N2S. The first-order valence-electron chi connectivity index (χ1n) is 7.66. The quantitative estimate of drug-likeness (QED) is 0.595. The normalized spacial score (nSPS) is 13.3. The Balaban J connectivity index is 3.00. The molecule has 0 spiro atoms. The van der Waals surface area contributed by atoms with E-state index in [1.165, 1.54) is 13.0 Å². The zero-order chi connectivity index (χ0) is 19.9. The van der Waals surface area contributed by atoms with Gasteiger partial charge in [-0.05, 0) is 42.4 Å². The van der Waals surface area contributed by atoms with Gasteiger partial charge < -0.3 is 0 Å². The number of hydrogen-bond acceptors (Lipinski definition) is 3. The molecule has 0 radical (unpaired) electrons. The molecule has 144 valence electrons. The van der Waals surface area contributed by atoms with Gasteiger partial charge in [0.05, 0.1) is 10.6 Å². The van der Waals surface area contributed by atoms with Gasteiger partial charge in [-0.15, -0.1) is 5.10 Å². The molecule has 0 saturated carbocycles. The highest BCUT2D eigenvalue weighted by Gasteiger charge is 2.74. The first kappa shape index (κ1) is 20.6. The second-order valence-electron chi connectivity index (χ2n) is 5.73. The lowest BCUT2D eigenvalue weighted by atomic mass is 9.84. The Bertz CT molecular complexity index is 779. The molecule has 1 heterocycles. The summed E-state index contributed by atoms with van der Waals surface area (Å²) in [6, 6.07) is 2.14. The number of halogens is 7. The number of aromatic nitrogens is 2. The maximum absolute atomic E-state index is 14.9. The van der Waals surface area contributed by atoms with Gasteiger partial charge in [0.25, 0.3) is 0 Å². The van der Waals surface area contributed by atoms with Crippen molar-refractivity contribution in [2.75, 3.05) is 0 Å². The summed E-state index contributed by atoms with van der Waals surface area (Å²) in [5.41, 5.74) is -6.88. The molecule has 0 atom stereocenters. The highest BCUT2D eigenvalue weighted by Crippen LogP contribution is 2.56. The van der Waals surface area contributed by atoms with Gasteiger partial charge >= 0.3 is 18.0 Å². The van der Waals surface area contributed by atoms with Crippen molar-refractivity contribution in [1.29, 1.82) is 0 Å². The summed E-state index contributed by atoms with van der Waals surface area (Å²) >= 11 is 0.635. The van der Waals surface area contributed by atoms with E-state index in [0.29, 0.717) is 17.6 Å². The third kappa shape index (κ3) is 3.19. The maximum atomic E-state index is 14.9. The summed E-state index contributed by atoms with van der Waals surface area (Å²) in [6.45, 7) is 4.54. The topological polar surface area (TPSA) is 25.8 Å². The van der Waals surface area contributed by atoms with Crippen LogP contribution >= 0.6 is 11.5 Å². The van der Waals surface area contributed by atoms with Gasteiger partial charge in [0.15, 0.2) is 0 Å². The Labute approximate surface area is 149 Å². The lowest BCUT2D eigenvalue weighted by molar-refractivity contribution is -0.348. The van der Waals surface area contributed by atoms with E-state index >= 15 is 0 Å². The SMILES string of the molecule is CCc1cc(CC)c(-c2snnc2C)c(C(F)(C(F)(F)F)C(F)(F)F)c1. The summed E-state index contributed by atoms with van der Waals surface area (Å²) in [7, 11) is 0. The molecule has 0 saturated heterocycles. The fraction of sp³-hybridized carbons (Fsp3) is 0.500. The van der Waals surface area contributed by atoms with Crippen molar-refractivity contribution in [1.82, 2.24) is 9.59 Å². The van der Waals surface area contributed by atoms with E-state index in [9.17, 15) is 30.7 Å². The van der Waals surface area contributed by atoms with E-state index in [2.05, 4.69) is 9.59 Å². The number of benzene rings is 1. The standard InChI is InChI=1S/C16H15F7N2S/c1-4-9-6-10(5-2)12(13-8(3)24-25-26-13)11(7-9)14(17,15(18,19)20)16(21,22)23/h6-7H,4-5H2,1-3H3. The van der Waals surface area contributed by atoms with E-state index in [-0.39, 0.29) is 34.5 Å². The van der Waals surface area contributed by atoms with Crippen molar-refractivity contribution >= 4 is 11.5 Å². The second kappa shape index (κ2) is 6.79. The zero-order valence-corrected chi connectivity index (χ0v) is 14.8. The van der Waals surface area contributed by atoms with Gasteiger partial charge in [-0.3, -0.25) is 0 Å². The summed E-state index contributed by atoms with van der Waals surface area (Å²) in [5, 5.41) is 3.64. The van der Waals surface area contributed by atoms with Crippen molar-refractivity contribution < 1.29 is 30.7 Å². The van der Waals surface area contributed by atoms with Crippen LogP contribution in [0.2, 0.25) is 0 Å². The van der Waals surface area contributed by atoms with Crippen LogP contribution in [0.3, 0.4) is 0 Å². The molecule has 0 N–H and O–H groups in total. The Morgan fingerprint density at radius 3 is 1.88 bits per heavy atom. The molecular weight excluding hydrogens is 385 g/mol. The number of alkyl halides is 7. The van der Waals surface area contributed by atoms with E-state index in [1.54, 1.807) is 13.8 Å². The van der Waals surface area contributed by atoms with Crippen molar-refractivity contribution in [3.8, 4) is 10.4 Å². The number of nitrogens with zero attached hydrogens (tertiary/aromatic N) is 2. The monoisotopic (exact) mass is 400 g/mol. The molecule has 0 bridgehead atoms. The largest absolute Gasteiger partial charge is 0.435 e. The molecule has 0 aliphatic rings. The molecule has 1 aromatic carbocycles. The van der Waals surface area contributed by atoms with Crippen LogP contribution in [0.4, 0.5) is 30.7 Å². The van der Waals surface area contributed by atoms with E-state index < -0.39 is 29.1 Å². The molecule has 0 amide bonds. The zero-order valence-electron chi connectivity index (χ0n) is 14.0. The van der Waals surface area contributed by atoms with E-state index in [0.717, 1.165) is 0 Å². The average molecular weight is 400 g/mol. The minimum absolute atomic E-state index is 0.00460. The van der Waals surface area contributed by atoms with E-state index in [1.807, 2.05) is 0 Å². The molecule has 10 heteroatoms. The predicted octanol–water partition coefficient (Wildman–Crippen LogP) is 5.93. The molecule has 0 aliphatic heterocycles. The van der Waals surface area contributed by atoms with Crippen molar-refractivity contribution in [2.45, 2.75) is 51.6 Å². The molecule has 1 aromatic heterocycles. The van der Waals surface area contributed by atoms with Gasteiger partial charge in [0, 0.05) is 11.1 Å². The number of hydrogen-bond donors (Lipinski definition) is 0. The van der Waals surface area contributed by atoms with E-state index in [4.69, 9.17) is 0 Å². The van der Waals surface area contributed by atoms with Crippen LogP contribution in [-0.2, 0) is 18.5 Å². The van der Waals surface area contributed by atoms with Crippen LogP contribution in [0.5, 0.6) is 0 Å². The molecule has 0 aliphatic carbocycles. The first-order valence-corrected chi connectivity index (χ1v) is 8.43. The second-order valence-corrected chi connectivity index (χ2v) is 6.48. The Kier molecular flexibility index (Phi) is 5.38. The van der Waals surface area contributed by atoms with Gasteiger partial charge in [-0.1, -0.05) is 30.5 Å². The van der Waals surface area contributed by atoms with Gasteiger partial charge in [0.2, 0.25) is 0 Å². The molecule has 26 heavy (non-hydrogen) atoms. The third-order valence-corrected chi connectivity index (χ3v) is 4.95. The maximum Gasteiger partial charge on any atom is 0.435 e. The van der Waals surface area contributed by atoms with Crippen molar-refractivity contribution in [2.24, 2.45) is 0 Å². The number of aryl methyl sites for hydroxylation is 3. The fourth-order valence-corrected chi connectivity index (χ4v) is 3.47. The van der Waals surface area contributed by atoms with Crippen LogP contribution in [0.15, 0.2) is 12.1 Å². The summed E-state index contributed by atoms with van der Waals surface area (Å²) in [5.74, 6) is 0. The summed E-state index contributed by atoms with van der Waals surface area (Å²) < 4.78 is 98.6. The molecule has 2 nitrogen and oxygen atoms in total. The van der Waals surface area contributed by atoms with Gasteiger partial charge in [0.1, 0.15) is 0 Å². The predicted molar refractivity (Wildman–Crippen MR) is 83.7 cm³/mol. The van der Waals surface area contributed by atoms with Gasteiger partial charge in [-0.2, -0.15) is 26.3 Å². The molecule has 2 aromatic rings. The van der Waals surface area contributed by atoms with Gasteiger partial charge in [-0.25, -0.2) is 4.39 Å². The lowest BCUT2D eigenvalue weighted by Crippen LogP contribution is -2.50. The highest BCUT2D eigenvalue weighted by molar-refractivity contribution is 7.09.